The number of esters is 1. The van der Waals surface area contributed by atoms with Crippen LogP contribution in [0.4, 0.5) is 0 Å². The number of thioether (sulfide) groups is 1. The summed E-state index contributed by atoms with van der Waals surface area (Å²) in [5.41, 5.74) is 0. The van der Waals surface area contributed by atoms with Crippen LogP contribution in [0.2, 0.25) is 0 Å². The van der Waals surface area contributed by atoms with E-state index in [1.807, 2.05) is 24.3 Å². The molecule has 1 heterocycles. The van der Waals surface area contributed by atoms with Gasteiger partial charge in [0, 0.05) is 9.37 Å². The van der Waals surface area contributed by atoms with E-state index in [2.05, 4.69) is 21.2 Å². The van der Waals surface area contributed by atoms with Crippen LogP contribution < -0.4 is 5.32 Å². The van der Waals surface area contributed by atoms with Crippen LogP contribution in [-0.2, 0) is 14.3 Å². The minimum Gasteiger partial charge on any atom is -0.467 e. The van der Waals surface area contributed by atoms with Gasteiger partial charge in [0.25, 0.3) is 5.91 Å². The molecule has 1 N–H and O–H groups in total. The molecule has 0 saturated heterocycles. The Labute approximate surface area is 146 Å². The van der Waals surface area contributed by atoms with Crippen molar-refractivity contribution in [3.05, 3.63) is 52.9 Å². The van der Waals surface area contributed by atoms with Crippen LogP contribution in [0, 0.1) is 0 Å². The third-order valence-electron chi connectivity index (χ3n) is 2.88. The fourth-order valence-corrected chi connectivity index (χ4v) is 2.71. The quantitative estimate of drug-likeness (QED) is 0.571. The first-order valence-corrected chi connectivity index (χ1v) is 8.69. The van der Waals surface area contributed by atoms with Gasteiger partial charge >= 0.3 is 5.97 Å². The molecule has 1 atom stereocenters. The maximum atomic E-state index is 11.7. The number of halogens is 1. The molecule has 0 bridgehead atoms. The lowest BCUT2D eigenvalue weighted by atomic mass is 10.2. The molecule has 7 heteroatoms. The second-order valence-electron chi connectivity index (χ2n) is 4.71. The number of ether oxygens (including phenoxy) is 1. The number of carbonyl (C=O) groups excluding carboxylic acids is 2. The summed E-state index contributed by atoms with van der Waals surface area (Å²) < 4.78 is 11.1. The molecule has 0 fully saturated rings. The highest BCUT2D eigenvalue weighted by atomic mass is 79.9. The second-order valence-corrected chi connectivity index (χ2v) is 6.67. The summed E-state index contributed by atoms with van der Waals surface area (Å²) in [6, 6.07) is 10.9. The molecule has 5 nitrogen and oxygen atoms in total. The number of furan rings is 1. The SMILES string of the molecule is C[C@H](NC(=O)COC(=O)CSc1ccc(Br)cc1)c1ccco1. The Bertz CT molecular complexity index is 643. The van der Waals surface area contributed by atoms with Crippen LogP contribution in [0.3, 0.4) is 0 Å². The fraction of sp³-hybridized carbons (Fsp3) is 0.250. The van der Waals surface area contributed by atoms with Crippen LogP contribution in [-0.4, -0.2) is 24.2 Å². The highest BCUT2D eigenvalue weighted by Gasteiger charge is 2.13. The standard InChI is InChI=1S/C16H16BrNO4S/c1-11(14-3-2-8-21-14)18-15(19)9-22-16(20)10-23-13-6-4-12(17)5-7-13/h2-8,11H,9-10H2,1H3,(H,18,19)/t11-/m0/s1. The lowest BCUT2D eigenvalue weighted by Crippen LogP contribution is -2.31. The van der Waals surface area contributed by atoms with E-state index in [1.165, 1.54) is 18.0 Å². The van der Waals surface area contributed by atoms with Crippen LogP contribution >= 0.6 is 27.7 Å². The van der Waals surface area contributed by atoms with Crippen molar-refractivity contribution in [1.82, 2.24) is 5.32 Å². The molecule has 0 aliphatic rings. The fourth-order valence-electron chi connectivity index (χ4n) is 1.75. The maximum Gasteiger partial charge on any atom is 0.316 e. The van der Waals surface area contributed by atoms with Crippen LogP contribution in [0.25, 0.3) is 0 Å². The topological polar surface area (TPSA) is 68.5 Å². The first kappa shape index (κ1) is 17.6. The first-order valence-electron chi connectivity index (χ1n) is 6.91. The Morgan fingerprint density at radius 3 is 2.70 bits per heavy atom. The number of amides is 1. The van der Waals surface area contributed by atoms with E-state index in [-0.39, 0.29) is 24.3 Å². The summed E-state index contributed by atoms with van der Waals surface area (Å²) in [6.07, 6.45) is 1.54. The lowest BCUT2D eigenvalue weighted by Gasteiger charge is -2.11. The van der Waals surface area contributed by atoms with Crippen molar-refractivity contribution >= 4 is 39.6 Å². The highest BCUT2D eigenvalue weighted by molar-refractivity contribution is 9.10. The summed E-state index contributed by atoms with van der Waals surface area (Å²) in [7, 11) is 0. The van der Waals surface area contributed by atoms with Gasteiger partial charge in [0.2, 0.25) is 0 Å². The van der Waals surface area contributed by atoms with Gasteiger partial charge in [-0.05, 0) is 43.3 Å². The van der Waals surface area contributed by atoms with Gasteiger partial charge in [-0.15, -0.1) is 11.8 Å². The van der Waals surface area contributed by atoms with Crippen molar-refractivity contribution in [2.75, 3.05) is 12.4 Å². The van der Waals surface area contributed by atoms with Crippen molar-refractivity contribution in [2.45, 2.75) is 17.9 Å². The molecule has 2 rings (SSSR count). The third kappa shape index (κ3) is 6.11. The number of hydrogen-bond acceptors (Lipinski definition) is 5. The number of benzene rings is 1. The first-order chi connectivity index (χ1) is 11.0. The molecule has 0 unspecified atom stereocenters. The maximum absolute atomic E-state index is 11.7. The minimum atomic E-state index is -0.432. The van der Waals surface area contributed by atoms with E-state index in [4.69, 9.17) is 9.15 Å². The summed E-state index contributed by atoms with van der Waals surface area (Å²) in [6.45, 7) is 1.49. The Balaban J connectivity index is 1.67. The highest BCUT2D eigenvalue weighted by Crippen LogP contribution is 2.20. The van der Waals surface area contributed by atoms with Crippen LogP contribution in [0.5, 0.6) is 0 Å². The third-order valence-corrected chi connectivity index (χ3v) is 4.40. The average Bonchev–Trinajstić information content (AvgIpc) is 3.07. The van der Waals surface area contributed by atoms with Gasteiger partial charge in [-0.1, -0.05) is 15.9 Å². The molecule has 0 radical (unpaired) electrons. The van der Waals surface area contributed by atoms with Gasteiger partial charge in [-0.3, -0.25) is 9.59 Å². The zero-order valence-corrected chi connectivity index (χ0v) is 14.9. The van der Waals surface area contributed by atoms with Gasteiger partial charge < -0.3 is 14.5 Å². The number of hydrogen-bond donors (Lipinski definition) is 1. The summed E-state index contributed by atoms with van der Waals surface area (Å²) in [5.74, 6) is 0.00733. The van der Waals surface area contributed by atoms with E-state index < -0.39 is 5.97 Å². The zero-order valence-electron chi connectivity index (χ0n) is 12.5. The summed E-state index contributed by atoms with van der Waals surface area (Å²) in [4.78, 5) is 24.3. The van der Waals surface area contributed by atoms with Gasteiger partial charge in [0.1, 0.15) is 5.76 Å². The summed E-state index contributed by atoms with van der Waals surface area (Å²) in [5, 5.41) is 2.70. The van der Waals surface area contributed by atoms with Crippen molar-refractivity contribution < 1.29 is 18.7 Å². The molecular weight excluding hydrogens is 382 g/mol. The molecule has 1 aromatic heterocycles. The number of carbonyl (C=O) groups is 2. The molecule has 2 aromatic rings. The van der Waals surface area contributed by atoms with E-state index in [1.54, 1.807) is 19.1 Å². The minimum absolute atomic E-state index is 0.155. The molecule has 1 amide bonds. The number of nitrogens with one attached hydrogen (secondary N) is 1. The Hall–Kier alpha value is -1.73. The second kappa shape index (κ2) is 8.79. The van der Waals surface area contributed by atoms with Gasteiger partial charge in [-0.25, -0.2) is 0 Å². The number of rotatable bonds is 7. The van der Waals surface area contributed by atoms with Crippen LogP contribution in [0.1, 0.15) is 18.7 Å². The molecule has 0 aliphatic heterocycles. The molecule has 0 saturated carbocycles. The van der Waals surface area contributed by atoms with E-state index in [9.17, 15) is 9.59 Å². The Morgan fingerprint density at radius 1 is 1.30 bits per heavy atom. The predicted octanol–water partition coefficient (Wildman–Crippen LogP) is 3.55. The van der Waals surface area contributed by atoms with Gasteiger partial charge in [0.15, 0.2) is 6.61 Å². The zero-order chi connectivity index (χ0) is 16.7. The molecule has 23 heavy (non-hydrogen) atoms. The van der Waals surface area contributed by atoms with Crippen LogP contribution in [0.15, 0.2) is 56.4 Å². The molecule has 0 spiro atoms. The Kier molecular flexibility index (Phi) is 6.73. The van der Waals surface area contributed by atoms with E-state index >= 15 is 0 Å². The predicted molar refractivity (Wildman–Crippen MR) is 91.1 cm³/mol. The lowest BCUT2D eigenvalue weighted by molar-refractivity contribution is -0.146. The van der Waals surface area contributed by atoms with Crippen molar-refractivity contribution in [3.8, 4) is 0 Å². The molecule has 122 valence electrons. The van der Waals surface area contributed by atoms with Gasteiger partial charge in [0.05, 0.1) is 18.1 Å². The molecule has 0 aliphatic carbocycles. The smallest absolute Gasteiger partial charge is 0.316 e. The normalized spacial score (nSPS) is 11.7. The summed E-state index contributed by atoms with van der Waals surface area (Å²) >= 11 is 4.71. The Morgan fingerprint density at radius 2 is 2.04 bits per heavy atom. The van der Waals surface area contributed by atoms with Crippen molar-refractivity contribution in [1.29, 1.82) is 0 Å². The van der Waals surface area contributed by atoms with Crippen molar-refractivity contribution in [2.24, 2.45) is 0 Å². The largest absolute Gasteiger partial charge is 0.467 e. The monoisotopic (exact) mass is 397 g/mol. The average molecular weight is 398 g/mol. The van der Waals surface area contributed by atoms with E-state index in [0.717, 1.165) is 9.37 Å². The molecule has 1 aromatic carbocycles. The molecular formula is C16H16BrNO4S. The van der Waals surface area contributed by atoms with E-state index in [0.29, 0.717) is 5.76 Å². The van der Waals surface area contributed by atoms with Gasteiger partial charge in [-0.2, -0.15) is 0 Å². The van der Waals surface area contributed by atoms with Crippen molar-refractivity contribution in [3.63, 3.8) is 0 Å².